The molecule has 7 heteroatoms. The van der Waals surface area contributed by atoms with Crippen LogP contribution in [0.1, 0.15) is 19.3 Å². The number of hydrogen-bond donors (Lipinski definition) is 2. The van der Waals surface area contributed by atoms with Crippen LogP contribution in [0.4, 0.5) is 5.69 Å². The molecule has 0 atom stereocenters. The molecule has 6 nitrogen and oxygen atoms in total. The number of oxazole rings is 1. The van der Waals surface area contributed by atoms with Gasteiger partial charge in [0.2, 0.25) is 11.8 Å². The van der Waals surface area contributed by atoms with Crippen molar-refractivity contribution in [3.05, 3.63) is 23.0 Å². The highest BCUT2D eigenvalue weighted by molar-refractivity contribution is 7.71. The number of anilines is 1. The number of amides is 2. The number of carbonyl (C=O) groups is 2. The number of benzene rings is 1. The monoisotopic (exact) mass is 307 g/mol. The Labute approximate surface area is 127 Å². The largest absolute Gasteiger partial charge is 0.429 e. The van der Waals surface area contributed by atoms with Crippen LogP contribution in [0.5, 0.6) is 0 Å². The minimum absolute atomic E-state index is 0.0216. The number of carbonyl (C=O) groups excluding carboxylic acids is 2. The van der Waals surface area contributed by atoms with Gasteiger partial charge in [0, 0.05) is 38.7 Å². The summed E-state index contributed by atoms with van der Waals surface area (Å²) in [5, 5.41) is 2.77. The predicted molar refractivity (Wildman–Crippen MR) is 82.6 cm³/mol. The molecule has 2 aromatic rings. The van der Waals surface area contributed by atoms with Gasteiger partial charge in [0.15, 0.2) is 5.58 Å². The number of nitrogens with one attached hydrogen (secondary N) is 2. The van der Waals surface area contributed by atoms with Crippen LogP contribution in [-0.4, -0.2) is 35.8 Å². The van der Waals surface area contributed by atoms with E-state index in [0.29, 0.717) is 35.4 Å². The normalized spacial score (nSPS) is 10.6. The third kappa shape index (κ3) is 4.16. The van der Waals surface area contributed by atoms with E-state index in [9.17, 15) is 9.59 Å². The number of H-pyrrole nitrogens is 1. The lowest BCUT2D eigenvalue weighted by atomic mass is 10.2. The van der Waals surface area contributed by atoms with Crippen LogP contribution in [-0.2, 0) is 9.59 Å². The second-order valence-electron chi connectivity index (χ2n) is 4.92. The average molecular weight is 307 g/mol. The van der Waals surface area contributed by atoms with Gasteiger partial charge in [-0.25, -0.2) is 0 Å². The third-order valence-electron chi connectivity index (χ3n) is 3.00. The maximum Gasteiger partial charge on any atom is 0.266 e. The lowest BCUT2D eigenvalue weighted by molar-refractivity contribution is -0.128. The fourth-order valence-corrected chi connectivity index (χ4v) is 2.07. The van der Waals surface area contributed by atoms with Crippen molar-refractivity contribution >= 4 is 40.8 Å². The van der Waals surface area contributed by atoms with Gasteiger partial charge < -0.3 is 19.6 Å². The number of aromatic nitrogens is 1. The van der Waals surface area contributed by atoms with Gasteiger partial charge in [-0.05, 0) is 30.8 Å². The van der Waals surface area contributed by atoms with Crippen LogP contribution < -0.4 is 5.32 Å². The molecule has 0 radical (unpaired) electrons. The fraction of sp³-hybridized carbons (Fsp3) is 0.357. The maximum absolute atomic E-state index is 11.8. The molecule has 0 saturated carbocycles. The summed E-state index contributed by atoms with van der Waals surface area (Å²) >= 11 is 4.90. The van der Waals surface area contributed by atoms with Gasteiger partial charge in [0.25, 0.3) is 4.84 Å². The minimum Gasteiger partial charge on any atom is -0.429 e. The first kappa shape index (κ1) is 15.2. The van der Waals surface area contributed by atoms with Crippen molar-refractivity contribution in [1.82, 2.24) is 9.88 Å². The van der Waals surface area contributed by atoms with E-state index in [2.05, 4.69) is 10.3 Å². The summed E-state index contributed by atoms with van der Waals surface area (Å²) in [7, 11) is 3.40. The van der Waals surface area contributed by atoms with Crippen molar-refractivity contribution in [3.63, 3.8) is 0 Å². The van der Waals surface area contributed by atoms with Gasteiger partial charge in [-0.1, -0.05) is 0 Å². The van der Waals surface area contributed by atoms with Crippen LogP contribution in [0, 0.1) is 4.84 Å². The highest BCUT2D eigenvalue weighted by atomic mass is 32.1. The van der Waals surface area contributed by atoms with Crippen molar-refractivity contribution in [1.29, 1.82) is 0 Å². The summed E-state index contributed by atoms with van der Waals surface area (Å²) in [5.41, 5.74) is 2.03. The quantitative estimate of drug-likeness (QED) is 0.832. The fourth-order valence-electron chi connectivity index (χ4n) is 1.87. The molecular weight excluding hydrogens is 290 g/mol. The van der Waals surface area contributed by atoms with Crippen molar-refractivity contribution in [2.24, 2.45) is 0 Å². The molecular formula is C14H17N3O3S. The minimum atomic E-state index is -0.130. The highest BCUT2D eigenvalue weighted by Crippen LogP contribution is 2.19. The van der Waals surface area contributed by atoms with E-state index in [1.54, 1.807) is 32.3 Å². The van der Waals surface area contributed by atoms with Gasteiger partial charge in [-0.15, -0.1) is 0 Å². The van der Waals surface area contributed by atoms with Crippen molar-refractivity contribution < 1.29 is 14.0 Å². The lowest BCUT2D eigenvalue weighted by Gasteiger charge is -2.09. The molecule has 2 rings (SSSR count). The molecule has 2 N–H and O–H groups in total. The molecule has 1 heterocycles. The number of hydrogen-bond acceptors (Lipinski definition) is 4. The molecule has 0 spiro atoms. The lowest BCUT2D eigenvalue weighted by Crippen LogP contribution is -2.21. The summed E-state index contributed by atoms with van der Waals surface area (Å²) < 4.78 is 5.29. The number of fused-ring (bicyclic) bond motifs is 1. The summed E-state index contributed by atoms with van der Waals surface area (Å²) in [6, 6.07) is 5.27. The Morgan fingerprint density at radius 2 is 2.10 bits per heavy atom. The molecule has 0 bridgehead atoms. The molecule has 0 fully saturated rings. The Hall–Kier alpha value is -2.15. The molecule has 1 aromatic carbocycles. The van der Waals surface area contributed by atoms with Gasteiger partial charge in [0.1, 0.15) is 0 Å². The first-order valence-corrected chi connectivity index (χ1v) is 6.99. The molecule has 1 aromatic heterocycles. The molecule has 0 unspecified atom stereocenters. The molecule has 0 aliphatic carbocycles. The van der Waals surface area contributed by atoms with E-state index in [1.165, 1.54) is 4.90 Å². The van der Waals surface area contributed by atoms with E-state index in [4.69, 9.17) is 16.6 Å². The van der Waals surface area contributed by atoms with Crippen LogP contribution in [0.25, 0.3) is 11.1 Å². The smallest absolute Gasteiger partial charge is 0.266 e. The second kappa shape index (κ2) is 6.53. The van der Waals surface area contributed by atoms with E-state index < -0.39 is 0 Å². The van der Waals surface area contributed by atoms with E-state index in [1.807, 2.05) is 0 Å². The highest BCUT2D eigenvalue weighted by Gasteiger charge is 2.08. The molecule has 21 heavy (non-hydrogen) atoms. The van der Waals surface area contributed by atoms with E-state index >= 15 is 0 Å². The standard InChI is InChI=1S/C14H17N3O3S/c1-17(2)13(19)5-3-4-12(18)15-9-6-7-10-11(8-9)20-14(21)16-10/h6-8H,3-5H2,1-2H3,(H,15,18)(H,16,21). The van der Waals surface area contributed by atoms with Crippen LogP contribution in [0.2, 0.25) is 0 Å². The van der Waals surface area contributed by atoms with Crippen molar-refractivity contribution in [2.45, 2.75) is 19.3 Å². The van der Waals surface area contributed by atoms with Crippen molar-refractivity contribution in [3.8, 4) is 0 Å². The average Bonchev–Trinajstić information content (AvgIpc) is 2.77. The molecule has 0 saturated heterocycles. The first-order chi connectivity index (χ1) is 9.95. The van der Waals surface area contributed by atoms with Gasteiger partial charge in [-0.3, -0.25) is 9.59 Å². The third-order valence-corrected chi connectivity index (χ3v) is 3.18. The number of rotatable bonds is 5. The summed E-state index contributed by atoms with van der Waals surface area (Å²) in [6.45, 7) is 0. The predicted octanol–water partition coefficient (Wildman–Crippen LogP) is 2.69. The van der Waals surface area contributed by atoms with E-state index in [0.717, 1.165) is 5.52 Å². The Kier molecular flexibility index (Phi) is 4.74. The SMILES string of the molecule is CN(C)C(=O)CCCC(=O)Nc1ccc2[nH]c(=S)oc2c1. The van der Waals surface area contributed by atoms with E-state index in [-0.39, 0.29) is 11.8 Å². The number of aromatic amines is 1. The zero-order chi connectivity index (χ0) is 15.4. The molecule has 0 aliphatic heterocycles. The number of nitrogens with zero attached hydrogens (tertiary/aromatic N) is 1. The Morgan fingerprint density at radius 3 is 2.81 bits per heavy atom. The van der Waals surface area contributed by atoms with Gasteiger partial charge >= 0.3 is 0 Å². The Balaban J connectivity index is 1.89. The summed E-state index contributed by atoms with van der Waals surface area (Å²) in [5.74, 6) is -0.108. The van der Waals surface area contributed by atoms with Crippen LogP contribution in [0.3, 0.4) is 0 Å². The maximum atomic E-state index is 11.8. The Morgan fingerprint density at radius 1 is 1.33 bits per heavy atom. The van der Waals surface area contributed by atoms with Crippen LogP contribution in [0.15, 0.2) is 22.6 Å². The summed E-state index contributed by atoms with van der Waals surface area (Å²) in [6.07, 6.45) is 1.19. The molecule has 0 aliphatic rings. The zero-order valence-corrected chi connectivity index (χ0v) is 12.8. The van der Waals surface area contributed by atoms with Gasteiger partial charge in [-0.2, -0.15) is 0 Å². The zero-order valence-electron chi connectivity index (χ0n) is 11.9. The topological polar surface area (TPSA) is 78.3 Å². The summed E-state index contributed by atoms with van der Waals surface area (Å²) in [4.78, 5) is 27.9. The molecule has 112 valence electrons. The van der Waals surface area contributed by atoms with Crippen LogP contribution >= 0.6 is 12.2 Å². The first-order valence-electron chi connectivity index (χ1n) is 6.58. The second-order valence-corrected chi connectivity index (χ2v) is 5.29. The molecule has 2 amide bonds. The Bertz CT molecular complexity index is 718. The van der Waals surface area contributed by atoms with Gasteiger partial charge in [0.05, 0.1) is 5.52 Å². The van der Waals surface area contributed by atoms with Crippen molar-refractivity contribution in [2.75, 3.05) is 19.4 Å².